The first-order valence-electron chi connectivity index (χ1n) is 6.81. The molecule has 1 aliphatic carbocycles. The molecule has 0 spiro atoms. The molecule has 0 aromatic heterocycles. The van der Waals surface area contributed by atoms with E-state index in [1.807, 2.05) is 12.1 Å². The Labute approximate surface area is 123 Å². The van der Waals surface area contributed by atoms with Crippen molar-refractivity contribution in [3.8, 4) is 0 Å². The molecule has 20 heavy (non-hydrogen) atoms. The molecule has 0 radical (unpaired) electrons. The molecule has 0 saturated heterocycles. The number of halogens is 1. The van der Waals surface area contributed by atoms with E-state index in [2.05, 4.69) is 5.32 Å². The summed E-state index contributed by atoms with van der Waals surface area (Å²) in [7, 11) is 0. The average Bonchev–Trinajstić information content (AvgIpc) is 2.41. The smallest absolute Gasteiger partial charge is 0.306 e. The molecule has 1 amide bonds. The highest BCUT2D eigenvalue weighted by atomic mass is 35.5. The van der Waals surface area contributed by atoms with Crippen LogP contribution in [0.3, 0.4) is 0 Å². The summed E-state index contributed by atoms with van der Waals surface area (Å²) in [5.41, 5.74) is 0.900. The minimum absolute atomic E-state index is 0.0235. The van der Waals surface area contributed by atoms with Crippen LogP contribution in [0.25, 0.3) is 0 Å². The van der Waals surface area contributed by atoms with Crippen molar-refractivity contribution in [2.75, 3.05) is 0 Å². The standard InChI is InChI=1S/C15H18ClNO3/c16-12-6-4-10(5-7-12)8-14(18)17-13-3-1-2-11(9-13)15(19)20/h4-7,11,13H,1-3,8-9H2,(H,17,18)(H,19,20). The largest absolute Gasteiger partial charge is 0.481 e. The highest BCUT2D eigenvalue weighted by Crippen LogP contribution is 2.24. The van der Waals surface area contributed by atoms with Gasteiger partial charge in [-0.1, -0.05) is 30.2 Å². The first-order valence-corrected chi connectivity index (χ1v) is 7.19. The van der Waals surface area contributed by atoms with Gasteiger partial charge in [0.15, 0.2) is 0 Å². The van der Waals surface area contributed by atoms with E-state index in [4.69, 9.17) is 16.7 Å². The fourth-order valence-electron chi connectivity index (χ4n) is 2.61. The summed E-state index contributed by atoms with van der Waals surface area (Å²) in [6, 6.07) is 7.13. The van der Waals surface area contributed by atoms with Gasteiger partial charge in [-0.3, -0.25) is 9.59 Å². The Morgan fingerprint density at radius 2 is 1.95 bits per heavy atom. The highest BCUT2D eigenvalue weighted by Gasteiger charge is 2.27. The monoisotopic (exact) mass is 295 g/mol. The Balaban J connectivity index is 1.85. The van der Waals surface area contributed by atoms with Crippen molar-refractivity contribution in [2.45, 2.75) is 38.1 Å². The van der Waals surface area contributed by atoms with Crippen molar-refractivity contribution in [3.63, 3.8) is 0 Å². The molecule has 1 aromatic carbocycles. The number of rotatable bonds is 4. The molecule has 0 aliphatic heterocycles. The average molecular weight is 296 g/mol. The molecule has 2 rings (SSSR count). The molecule has 2 unspecified atom stereocenters. The predicted molar refractivity (Wildman–Crippen MR) is 76.7 cm³/mol. The van der Waals surface area contributed by atoms with Crippen LogP contribution in [0.15, 0.2) is 24.3 Å². The number of carbonyl (C=O) groups is 2. The zero-order chi connectivity index (χ0) is 14.5. The third-order valence-corrected chi connectivity index (χ3v) is 3.92. The van der Waals surface area contributed by atoms with Crippen LogP contribution in [0.5, 0.6) is 0 Å². The van der Waals surface area contributed by atoms with E-state index in [0.717, 1.165) is 18.4 Å². The number of benzene rings is 1. The number of nitrogens with one attached hydrogen (secondary N) is 1. The zero-order valence-electron chi connectivity index (χ0n) is 11.1. The summed E-state index contributed by atoms with van der Waals surface area (Å²) in [5, 5.41) is 12.6. The molecule has 108 valence electrons. The maximum atomic E-state index is 12.0. The molecular weight excluding hydrogens is 278 g/mol. The van der Waals surface area contributed by atoms with Gasteiger partial charge in [-0.05, 0) is 37.0 Å². The maximum Gasteiger partial charge on any atom is 0.306 e. The highest BCUT2D eigenvalue weighted by molar-refractivity contribution is 6.30. The van der Waals surface area contributed by atoms with Gasteiger partial charge in [0.2, 0.25) is 5.91 Å². The number of hydrogen-bond donors (Lipinski definition) is 2. The van der Waals surface area contributed by atoms with Crippen LogP contribution >= 0.6 is 11.6 Å². The lowest BCUT2D eigenvalue weighted by molar-refractivity contribution is -0.143. The lowest BCUT2D eigenvalue weighted by Gasteiger charge is -2.27. The van der Waals surface area contributed by atoms with Gasteiger partial charge in [0.25, 0.3) is 0 Å². The molecule has 1 aliphatic rings. The molecule has 4 nitrogen and oxygen atoms in total. The first kappa shape index (κ1) is 14.9. The van der Waals surface area contributed by atoms with Crippen molar-refractivity contribution in [3.05, 3.63) is 34.9 Å². The second-order valence-corrected chi connectivity index (χ2v) is 5.71. The van der Waals surface area contributed by atoms with E-state index in [9.17, 15) is 9.59 Å². The molecule has 1 saturated carbocycles. The van der Waals surface area contributed by atoms with Crippen LogP contribution in [-0.2, 0) is 16.0 Å². The lowest BCUT2D eigenvalue weighted by atomic mass is 9.85. The summed E-state index contributed by atoms with van der Waals surface area (Å²) in [5.74, 6) is -1.16. The van der Waals surface area contributed by atoms with Crippen molar-refractivity contribution in [2.24, 2.45) is 5.92 Å². The fourth-order valence-corrected chi connectivity index (χ4v) is 2.74. The van der Waals surface area contributed by atoms with E-state index in [1.165, 1.54) is 0 Å². The minimum Gasteiger partial charge on any atom is -0.481 e. The first-order chi connectivity index (χ1) is 9.54. The van der Waals surface area contributed by atoms with Gasteiger partial charge in [0.1, 0.15) is 0 Å². The third kappa shape index (κ3) is 4.23. The van der Waals surface area contributed by atoms with E-state index in [1.54, 1.807) is 12.1 Å². The summed E-state index contributed by atoms with van der Waals surface area (Å²) in [4.78, 5) is 22.9. The Hall–Kier alpha value is -1.55. The number of aliphatic carboxylic acids is 1. The quantitative estimate of drug-likeness (QED) is 0.897. The summed E-state index contributed by atoms with van der Waals surface area (Å²) in [6.07, 6.45) is 3.24. The van der Waals surface area contributed by atoms with Crippen molar-refractivity contribution in [1.82, 2.24) is 5.32 Å². The number of carbonyl (C=O) groups excluding carboxylic acids is 1. The minimum atomic E-state index is -0.762. The van der Waals surface area contributed by atoms with Crippen LogP contribution in [0.1, 0.15) is 31.2 Å². The fraction of sp³-hybridized carbons (Fsp3) is 0.467. The number of carboxylic acid groups (broad SMARTS) is 1. The van der Waals surface area contributed by atoms with Crippen molar-refractivity contribution in [1.29, 1.82) is 0 Å². The van der Waals surface area contributed by atoms with Gasteiger partial charge in [0, 0.05) is 11.1 Å². The molecule has 0 bridgehead atoms. The number of hydrogen-bond acceptors (Lipinski definition) is 2. The lowest BCUT2D eigenvalue weighted by Crippen LogP contribution is -2.40. The SMILES string of the molecule is O=C(Cc1ccc(Cl)cc1)NC1CCCC(C(=O)O)C1. The van der Waals surface area contributed by atoms with Gasteiger partial charge in [-0.2, -0.15) is 0 Å². The molecule has 0 heterocycles. The van der Waals surface area contributed by atoms with Crippen molar-refractivity contribution < 1.29 is 14.7 Å². The van der Waals surface area contributed by atoms with Crippen molar-refractivity contribution >= 4 is 23.5 Å². The normalized spacial score (nSPS) is 22.2. The summed E-state index contributed by atoms with van der Waals surface area (Å²) < 4.78 is 0. The van der Waals surface area contributed by atoms with E-state index >= 15 is 0 Å². The van der Waals surface area contributed by atoms with Gasteiger partial charge in [-0.25, -0.2) is 0 Å². The van der Waals surface area contributed by atoms with Crippen LogP contribution < -0.4 is 5.32 Å². The Morgan fingerprint density at radius 1 is 1.25 bits per heavy atom. The Bertz CT molecular complexity index is 486. The summed E-state index contributed by atoms with van der Waals surface area (Å²) in [6.45, 7) is 0. The number of amides is 1. The van der Waals surface area contributed by atoms with Crippen LogP contribution in [0.2, 0.25) is 5.02 Å². The number of carboxylic acids is 1. The second kappa shape index (κ2) is 6.75. The van der Waals surface area contributed by atoms with Crippen LogP contribution in [0, 0.1) is 5.92 Å². The van der Waals surface area contributed by atoms with E-state index < -0.39 is 5.97 Å². The zero-order valence-corrected chi connectivity index (χ0v) is 11.9. The molecule has 1 aromatic rings. The summed E-state index contributed by atoms with van der Waals surface area (Å²) >= 11 is 5.79. The van der Waals surface area contributed by atoms with E-state index in [-0.39, 0.29) is 17.9 Å². The predicted octanol–water partition coefficient (Wildman–Crippen LogP) is 2.64. The molecule has 2 N–H and O–H groups in total. The molecule has 2 atom stereocenters. The van der Waals surface area contributed by atoms with E-state index in [0.29, 0.717) is 24.3 Å². The van der Waals surface area contributed by atoms with Gasteiger partial charge in [0.05, 0.1) is 12.3 Å². The molecule has 1 fully saturated rings. The Morgan fingerprint density at radius 3 is 2.60 bits per heavy atom. The Kier molecular flexibility index (Phi) is 5.01. The maximum absolute atomic E-state index is 12.0. The second-order valence-electron chi connectivity index (χ2n) is 5.27. The topological polar surface area (TPSA) is 66.4 Å². The molecular formula is C15H18ClNO3. The van der Waals surface area contributed by atoms with Gasteiger partial charge >= 0.3 is 5.97 Å². The molecule has 5 heteroatoms. The van der Waals surface area contributed by atoms with Gasteiger partial charge < -0.3 is 10.4 Å². The third-order valence-electron chi connectivity index (χ3n) is 3.67. The van der Waals surface area contributed by atoms with Crippen LogP contribution in [0.4, 0.5) is 0 Å². The van der Waals surface area contributed by atoms with Crippen LogP contribution in [-0.4, -0.2) is 23.0 Å². The van der Waals surface area contributed by atoms with Gasteiger partial charge in [-0.15, -0.1) is 0 Å².